The van der Waals surface area contributed by atoms with Crippen molar-refractivity contribution in [2.75, 3.05) is 18.5 Å². The third-order valence-corrected chi connectivity index (χ3v) is 7.33. The fourth-order valence-corrected chi connectivity index (χ4v) is 5.15. The largest absolute Gasteiger partial charge is 0.468 e. The number of anilines is 1. The van der Waals surface area contributed by atoms with Crippen LogP contribution in [-0.4, -0.2) is 66.6 Å². The van der Waals surface area contributed by atoms with Crippen LogP contribution in [0.15, 0.2) is 30.5 Å². The number of rotatable bonds is 7. The Bertz CT molecular complexity index is 1440. The van der Waals surface area contributed by atoms with Gasteiger partial charge in [0, 0.05) is 17.8 Å². The summed E-state index contributed by atoms with van der Waals surface area (Å²) < 4.78 is 41.3. The van der Waals surface area contributed by atoms with Gasteiger partial charge in [-0.25, -0.2) is 18.3 Å². The minimum Gasteiger partial charge on any atom is -0.468 e. The lowest BCUT2D eigenvalue weighted by Crippen LogP contribution is -2.39. The van der Waals surface area contributed by atoms with E-state index in [0.717, 1.165) is 24.0 Å². The smallest absolute Gasteiger partial charge is 0.256 e. The average molecular weight is 513 g/mol. The molecule has 4 aromatic rings. The monoisotopic (exact) mass is 512 g/mol. The highest BCUT2D eigenvalue weighted by molar-refractivity contribution is 5.90. The van der Waals surface area contributed by atoms with E-state index in [9.17, 15) is 13.9 Å². The summed E-state index contributed by atoms with van der Waals surface area (Å²) in [6.07, 6.45) is 2.35. The molecule has 196 valence electrons. The molecule has 1 aromatic carbocycles. The first-order valence-electron chi connectivity index (χ1n) is 12.6. The van der Waals surface area contributed by atoms with Crippen molar-refractivity contribution in [3.63, 3.8) is 0 Å². The van der Waals surface area contributed by atoms with Crippen LogP contribution in [0.5, 0.6) is 5.88 Å². The quantitative estimate of drug-likeness (QED) is 0.383. The van der Waals surface area contributed by atoms with Crippen molar-refractivity contribution >= 4 is 22.5 Å². The van der Waals surface area contributed by atoms with Gasteiger partial charge in [-0.05, 0) is 63.3 Å². The molecule has 0 spiro atoms. The molecule has 0 unspecified atom stereocenters. The molecule has 1 saturated carbocycles. The number of aryl methyl sites for hydroxylation is 1. The van der Waals surface area contributed by atoms with Crippen LogP contribution in [0.25, 0.3) is 27.7 Å². The van der Waals surface area contributed by atoms with Crippen LogP contribution < -0.4 is 10.1 Å². The number of aromatic nitrogens is 5. The van der Waals surface area contributed by atoms with Gasteiger partial charge in [-0.2, -0.15) is 4.98 Å². The number of halogens is 2. The van der Waals surface area contributed by atoms with Crippen molar-refractivity contribution in [1.29, 1.82) is 0 Å². The summed E-state index contributed by atoms with van der Waals surface area (Å²) in [4.78, 5) is 9.17. The molecule has 1 aliphatic heterocycles. The van der Waals surface area contributed by atoms with Crippen LogP contribution in [0.3, 0.4) is 0 Å². The summed E-state index contributed by atoms with van der Waals surface area (Å²) in [5, 5.41) is 18.4. The zero-order valence-electron chi connectivity index (χ0n) is 20.8. The van der Waals surface area contributed by atoms with Gasteiger partial charge in [0.15, 0.2) is 0 Å². The molecule has 9 nitrogen and oxygen atoms in total. The summed E-state index contributed by atoms with van der Waals surface area (Å²) in [6, 6.07) is 7.74. The molecule has 1 saturated heterocycles. The van der Waals surface area contributed by atoms with Gasteiger partial charge >= 0.3 is 0 Å². The van der Waals surface area contributed by atoms with E-state index in [-0.39, 0.29) is 12.1 Å². The highest BCUT2D eigenvalue weighted by Gasteiger charge is 2.30. The highest BCUT2D eigenvalue weighted by atomic mass is 19.3. The average Bonchev–Trinajstić information content (AvgIpc) is 3.38. The van der Waals surface area contributed by atoms with Crippen LogP contribution in [0.4, 0.5) is 14.7 Å². The number of nitrogens with zero attached hydrogens (tertiary/aromatic N) is 5. The van der Waals surface area contributed by atoms with Crippen molar-refractivity contribution < 1.29 is 23.4 Å². The molecule has 2 aliphatic rings. The second kappa shape index (κ2) is 9.21. The van der Waals surface area contributed by atoms with E-state index >= 15 is 0 Å². The van der Waals surface area contributed by atoms with E-state index in [1.165, 1.54) is 0 Å². The second-order valence-electron chi connectivity index (χ2n) is 10.3. The maximum Gasteiger partial charge on any atom is 0.256 e. The minimum atomic E-state index is -2.48. The molecule has 3 aromatic heterocycles. The summed E-state index contributed by atoms with van der Waals surface area (Å²) in [5.41, 5.74) is 3.06. The number of aliphatic hydroxyl groups is 1. The van der Waals surface area contributed by atoms with Crippen molar-refractivity contribution in [2.24, 2.45) is 0 Å². The first-order valence-corrected chi connectivity index (χ1v) is 12.6. The molecule has 1 aliphatic carbocycles. The minimum absolute atomic E-state index is 0.100. The number of alkyl halides is 2. The number of hydrogen-bond donors (Lipinski definition) is 2. The standard InChI is InChI=1S/C26H30F2N6O3/c1-15-29-20-4-3-16(11-21(20)33(15)12-22(27)28)19-7-10-34-23(19)24(37-18-13-36-14-18)31-25(32-34)30-17-5-8-26(2,35)9-6-17/h3-4,7,10-11,17-18,22,35H,5-6,8-9,12-14H2,1-2H3,(H,30,32)/t17-,26-. The maximum absolute atomic E-state index is 13.2. The Labute approximate surface area is 212 Å². The van der Waals surface area contributed by atoms with Crippen LogP contribution in [0.2, 0.25) is 0 Å². The summed E-state index contributed by atoms with van der Waals surface area (Å²) in [6.45, 7) is 4.18. The number of nitrogens with one attached hydrogen (secondary N) is 1. The summed E-state index contributed by atoms with van der Waals surface area (Å²) in [7, 11) is 0. The molecule has 0 amide bonds. The fourth-order valence-electron chi connectivity index (χ4n) is 5.15. The number of hydrogen-bond acceptors (Lipinski definition) is 7. The van der Waals surface area contributed by atoms with Gasteiger partial charge in [0.1, 0.15) is 17.4 Å². The van der Waals surface area contributed by atoms with Crippen LogP contribution in [0, 0.1) is 6.92 Å². The van der Waals surface area contributed by atoms with Crippen molar-refractivity contribution in [2.45, 2.75) is 70.2 Å². The zero-order chi connectivity index (χ0) is 25.7. The highest BCUT2D eigenvalue weighted by Crippen LogP contribution is 2.35. The first kappa shape index (κ1) is 24.1. The molecule has 2 fully saturated rings. The first-order chi connectivity index (χ1) is 17.8. The molecule has 0 atom stereocenters. The van der Waals surface area contributed by atoms with Crippen LogP contribution in [0.1, 0.15) is 38.4 Å². The predicted octanol–water partition coefficient (Wildman–Crippen LogP) is 4.20. The topological polar surface area (TPSA) is 98.7 Å². The number of ether oxygens (including phenoxy) is 2. The van der Waals surface area contributed by atoms with E-state index in [1.54, 1.807) is 16.0 Å². The lowest BCUT2D eigenvalue weighted by atomic mass is 9.84. The van der Waals surface area contributed by atoms with E-state index in [4.69, 9.17) is 19.6 Å². The predicted molar refractivity (Wildman–Crippen MR) is 134 cm³/mol. The van der Waals surface area contributed by atoms with Crippen molar-refractivity contribution in [3.05, 3.63) is 36.3 Å². The van der Waals surface area contributed by atoms with Crippen LogP contribution in [-0.2, 0) is 11.3 Å². The Balaban J connectivity index is 1.38. The molecule has 11 heteroatoms. The van der Waals surface area contributed by atoms with E-state index in [2.05, 4.69) is 10.3 Å². The number of benzene rings is 1. The van der Waals surface area contributed by atoms with E-state index < -0.39 is 18.6 Å². The molecule has 4 heterocycles. The van der Waals surface area contributed by atoms with E-state index in [0.29, 0.717) is 60.3 Å². The third kappa shape index (κ3) is 4.73. The Morgan fingerprint density at radius 1 is 1.22 bits per heavy atom. The Morgan fingerprint density at radius 3 is 2.70 bits per heavy atom. The van der Waals surface area contributed by atoms with Gasteiger partial charge < -0.3 is 24.5 Å². The SMILES string of the molecule is Cc1nc2ccc(-c3ccn4nc(N[C@H]5CC[C@](C)(O)CC5)nc(OC5COC5)c34)cc2n1CC(F)F. The Morgan fingerprint density at radius 2 is 2.00 bits per heavy atom. The number of imidazole rings is 1. The second-order valence-corrected chi connectivity index (χ2v) is 10.3. The normalized spacial score (nSPS) is 22.6. The molecule has 2 N–H and O–H groups in total. The van der Waals surface area contributed by atoms with Crippen molar-refractivity contribution in [1.82, 2.24) is 24.1 Å². The maximum atomic E-state index is 13.2. The lowest BCUT2D eigenvalue weighted by molar-refractivity contribution is -0.0808. The molecule has 6 rings (SSSR count). The third-order valence-electron chi connectivity index (χ3n) is 7.33. The van der Waals surface area contributed by atoms with Gasteiger partial charge in [0.05, 0.1) is 36.4 Å². The number of fused-ring (bicyclic) bond motifs is 2. The zero-order valence-corrected chi connectivity index (χ0v) is 20.8. The summed E-state index contributed by atoms with van der Waals surface area (Å²) >= 11 is 0. The van der Waals surface area contributed by atoms with Gasteiger partial charge in [-0.1, -0.05) is 6.07 Å². The van der Waals surface area contributed by atoms with Gasteiger partial charge in [-0.3, -0.25) is 0 Å². The summed E-state index contributed by atoms with van der Waals surface area (Å²) in [5.74, 6) is 1.44. The Kier molecular flexibility index (Phi) is 5.99. The van der Waals surface area contributed by atoms with Gasteiger partial charge in [-0.15, -0.1) is 5.10 Å². The van der Waals surface area contributed by atoms with E-state index in [1.807, 2.05) is 37.4 Å². The fraction of sp³-hybridized carbons (Fsp3) is 0.500. The molecular formula is C26H30F2N6O3. The van der Waals surface area contributed by atoms with Crippen LogP contribution >= 0.6 is 0 Å². The molecule has 0 bridgehead atoms. The van der Waals surface area contributed by atoms with Gasteiger partial charge in [0.25, 0.3) is 6.43 Å². The lowest BCUT2D eigenvalue weighted by Gasteiger charge is -2.33. The molecule has 37 heavy (non-hydrogen) atoms. The Hall–Kier alpha value is -3.31. The van der Waals surface area contributed by atoms with Gasteiger partial charge in [0.2, 0.25) is 11.8 Å². The molecular weight excluding hydrogens is 482 g/mol. The van der Waals surface area contributed by atoms with Crippen molar-refractivity contribution in [3.8, 4) is 17.0 Å². The molecule has 0 radical (unpaired) electrons.